The van der Waals surface area contributed by atoms with Gasteiger partial charge in [0.05, 0.1) is 12.2 Å². The van der Waals surface area contributed by atoms with E-state index in [0.29, 0.717) is 6.61 Å². The molecule has 0 bridgehead atoms. The molecule has 0 aromatic heterocycles. The first-order valence-electron chi connectivity index (χ1n) is 7.76. The lowest BCUT2D eigenvalue weighted by atomic mass is 10.1. The van der Waals surface area contributed by atoms with Crippen molar-refractivity contribution in [3.05, 3.63) is 65.7 Å². The van der Waals surface area contributed by atoms with E-state index in [2.05, 4.69) is 24.3 Å². The minimum absolute atomic E-state index is 0.285. The summed E-state index contributed by atoms with van der Waals surface area (Å²) in [5, 5.41) is 8.81. The number of unbranched alkanes of at least 4 members (excludes halogenated alkanes) is 3. The van der Waals surface area contributed by atoms with Crippen LogP contribution < -0.4 is 4.74 Å². The zero-order valence-corrected chi connectivity index (χ0v) is 12.7. The molecular formula is C19H22O3. The third-order valence-corrected chi connectivity index (χ3v) is 3.57. The molecule has 2 rings (SSSR count). The standard InChI is InChI=1S/C19H22O3/c20-19(21)17-11-13-18(14-12-17)22-15-7-2-1-4-8-16-9-5-3-6-10-16/h3,5-6,9-14H,1-2,4,7-8,15H2,(H,20,21). The zero-order valence-electron chi connectivity index (χ0n) is 12.7. The monoisotopic (exact) mass is 298 g/mol. The minimum atomic E-state index is -0.912. The van der Waals surface area contributed by atoms with Gasteiger partial charge in [-0.25, -0.2) is 4.79 Å². The molecule has 0 fully saturated rings. The third-order valence-electron chi connectivity index (χ3n) is 3.57. The van der Waals surface area contributed by atoms with Crippen molar-refractivity contribution in [1.82, 2.24) is 0 Å². The quantitative estimate of drug-likeness (QED) is 0.690. The first-order chi connectivity index (χ1) is 10.8. The van der Waals surface area contributed by atoms with Crippen LogP contribution in [0.1, 0.15) is 41.6 Å². The number of carboxylic acids is 1. The average Bonchev–Trinajstić information content (AvgIpc) is 2.55. The van der Waals surface area contributed by atoms with E-state index in [1.54, 1.807) is 24.3 Å². The highest BCUT2D eigenvalue weighted by Gasteiger charge is 2.01. The Balaban J connectivity index is 1.55. The van der Waals surface area contributed by atoms with Crippen molar-refractivity contribution in [1.29, 1.82) is 0 Å². The summed E-state index contributed by atoms with van der Waals surface area (Å²) in [6.07, 6.45) is 5.72. The Kier molecular flexibility index (Phi) is 6.49. The number of carboxylic acid groups (broad SMARTS) is 1. The van der Waals surface area contributed by atoms with Gasteiger partial charge in [-0.15, -0.1) is 0 Å². The number of hydrogen-bond donors (Lipinski definition) is 1. The van der Waals surface area contributed by atoms with Gasteiger partial charge in [0.25, 0.3) is 0 Å². The Hall–Kier alpha value is -2.29. The van der Waals surface area contributed by atoms with Crippen molar-refractivity contribution >= 4 is 5.97 Å². The Bertz CT molecular complexity index is 561. The van der Waals surface area contributed by atoms with Crippen LogP contribution in [0.2, 0.25) is 0 Å². The predicted octanol–water partition coefficient (Wildman–Crippen LogP) is 4.57. The molecule has 0 aliphatic carbocycles. The number of aryl methyl sites for hydroxylation is 1. The summed E-state index contributed by atoms with van der Waals surface area (Å²) in [7, 11) is 0. The highest BCUT2D eigenvalue weighted by molar-refractivity contribution is 5.87. The van der Waals surface area contributed by atoms with E-state index in [1.165, 1.54) is 18.4 Å². The molecule has 0 atom stereocenters. The van der Waals surface area contributed by atoms with E-state index < -0.39 is 5.97 Å². The molecular weight excluding hydrogens is 276 g/mol. The van der Waals surface area contributed by atoms with Crippen LogP contribution in [0.5, 0.6) is 5.75 Å². The minimum Gasteiger partial charge on any atom is -0.494 e. The second kappa shape index (κ2) is 8.88. The largest absolute Gasteiger partial charge is 0.494 e. The molecule has 0 radical (unpaired) electrons. The molecule has 0 amide bonds. The molecule has 0 aliphatic heterocycles. The Morgan fingerprint density at radius 3 is 2.23 bits per heavy atom. The maximum absolute atomic E-state index is 10.7. The van der Waals surface area contributed by atoms with E-state index in [0.717, 1.165) is 25.0 Å². The highest BCUT2D eigenvalue weighted by atomic mass is 16.5. The van der Waals surface area contributed by atoms with Crippen molar-refractivity contribution in [2.45, 2.75) is 32.1 Å². The third kappa shape index (κ3) is 5.60. The van der Waals surface area contributed by atoms with Gasteiger partial charge < -0.3 is 9.84 Å². The van der Waals surface area contributed by atoms with Crippen LogP contribution in [0.15, 0.2) is 54.6 Å². The van der Waals surface area contributed by atoms with Gasteiger partial charge in [-0.05, 0) is 49.1 Å². The summed E-state index contributed by atoms with van der Waals surface area (Å²) in [4.78, 5) is 10.7. The molecule has 0 unspecified atom stereocenters. The zero-order chi connectivity index (χ0) is 15.6. The Morgan fingerprint density at radius 2 is 1.55 bits per heavy atom. The number of hydrogen-bond acceptors (Lipinski definition) is 2. The van der Waals surface area contributed by atoms with Crippen molar-refractivity contribution < 1.29 is 14.6 Å². The summed E-state index contributed by atoms with van der Waals surface area (Å²) < 4.78 is 5.61. The van der Waals surface area contributed by atoms with Crippen LogP contribution in [0.3, 0.4) is 0 Å². The lowest BCUT2D eigenvalue weighted by Gasteiger charge is -2.06. The van der Waals surface area contributed by atoms with Gasteiger partial charge in [0, 0.05) is 0 Å². The Labute approximate surface area is 131 Å². The molecule has 116 valence electrons. The van der Waals surface area contributed by atoms with Crippen molar-refractivity contribution in [2.75, 3.05) is 6.61 Å². The highest BCUT2D eigenvalue weighted by Crippen LogP contribution is 2.13. The molecule has 3 nitrogen and oxygen atoms in total. The molecule has 2 aromatic rings. The number of ether oxygens (including phenoxy) is 1. The van der Waals surface area contributed by atoms with Crippen molar-refractivity contribution in [3.8, 4) is 5.75 Å². The van der Waals surface area contributed by atoms with Gasteiger partial charge in [0.2, 0.25) is 0 Å². The van der Waals surface area contributed by atoms with Crippen LogP contribution in [0.4, 0.5) is 0 Å². The van der Waals surface area contributed by atoms with E-state index in [-0.39, 0.29) is 5.56 Å². The molecule has 0 heterocycles. The van der Waals surface area contributed by atoms with E-state index in [1.807, 2.05) is 6.07 Å². The summed E-state index contributed by atoms with van der Waals surface area (Å²) in [6.45, 7) is 0.678. The molecule has 0 spiro atoms. The lowest BCUT2D eigenvalue weighted by Crippen LogP contribution is -1.99. The number of carbonyl (C=O) groups is 1. The topological polar surface area (TPSA) is 46.5 Å². The molecule has 0 aliphatic rings. The summed E-state index contributed by atoms with van der Waals surface area (Å²) in [6, 6.07) is 17.1. The molecule has 0 saturated heterocycles. The Morgan fingerprint density at radius 1 is 0.864 bits per heavy atom. The average molecular weight is 298 g/mol. The van der Waals surface area contributed by atoms with E-state index >= 15 is 0 Å². The fourth-order valence-electron chi connectivity index (χ4n) is 2.31. The first-order valence-corrected chi connectivity index (χ1v) is 7.76. The second-order valence-electron chi connectivity index (χ2n) is 5.33. The number of aromatic carboxylic acids is 1. The summed E-state index contributed by atoms with van der Waals surface area (Å²) >= 11 is 0. The van der Waals surface area contributed by atoms with Gasteiger partial charge in [-0.3, -0.25) is 0 Å². The van der Waals surface area contributed by atoms with Gasteiger partial charge in [-0.2, -0.15) is 0 Å². The number of rotatable bonds is 9. The van der Waals surface area contributed by atoms with Crippen LogP contribution in [0, 0.1) is 0 Å². The van der Waals surface area contributed by atoms with Gasteiger partial charge in [-0.1, -0.05) is 43.2 Å². The molecule has 3 heteroatoms. The normalized spacial score (nSPS) is 10.4. The fraction of sp³-hybridized carbons (Fsp3) is 0.316. The molecule has 2 aromatic carbocycles. The lowest BCUT2D eigenvalue weighted by molar-refractivity contribution is 0.0697. The van der Waals surface area contributed by atoms with Crippen molar-refractivity contribution in [2.24, 2.45) is 0 Å². The maximum atomic E-state index is 10.7. The van der Waals surface area contributed by atoms with Crippen LogP contribution in [-0.2, 0) is 6.42 Å². The smallest absolute Gasteiger partial charge is 0.335 e. The second-order valence-corrected chi connectivity index (χ2v) is 5.33. The molecule has 22 heavy (non-hydrogen) atoms. The van der Waals surface area contributed by atoms with E-state index in [9.17, 15) is 4.79 Å². The van der Waals surface area contributed by atoms with Gasteiger partial charge in [0.15, 0.2) is 0 Å². The van der Waals surface area contributed by atoms with Crippen LogP contribution in [0.25, 0.3) is 0 Å². The van der Waals surface area contributed by atoms with Gasteiger partial charge in [0.1, 0.15) is 5.75 Å². The summed E-state index contributed by atoms with van der Waals surface area (Å²) in [5.41, 5.74) is 1.69. The van der Waals surface area contributed by atoms with Crippen LogP contribution in [-0.4, -0.2) is 17.7 Å². The van der Waals surface area contributed by atoms with E-state index in [4.69, 9.17) is 9.84 Å². The summed E-state index contributed by atoms with van der Waals surface area (Å²) in [5.74, 6) is -0.181. The molecule has 0 saturated carbocycles. The number of benzene rings is 2. The van der Waals surface area contributed by atoms with Gasteiger partial charge >= 0.3 is 5.97 Å². The SMILES string of the molecule is O=C(O)c1ccc(OCCCCCCc2ccccc2)cc1. The fourth-order valence-corrected chi connectivity index (χ4v) is 2.31. The first kappa shape index (κ1) is 16.1. The van der Waals surface area contributed by atoms with Crippen LogP contribution >= 0.6 is 0 Å². The maximum Gasteiger partial charge on any atom is 0.335 e. The predicted molar refractivity (Wildman–Crippen MR) is 87.5 cm³/mol. The van der Waals surface area contributed by atoms with Crippen molar-refractivity contribution in [3.63, 3.8) is 0 Å². The molecule has 1 N–H and O–H groups in total.